The average Bonchev–Trinajstić information content (AvgIpc) is 2.77. The third-order valence-electron chi connectivity index (χ3n) is 5.15. The Morgan fingerprint density at radius 1 is 1.09 bits per heavy atom. The SMILES string of the molecule is Cc1ccc([C@H](CC(=O)O)NC(=O)Nc2cccn(Cc3ccc(C(F)(F)F)cc3F)c2=O)cc1. The summed E-state index contributed by atoms with van der Waals surface area (Å²) in [6.07, 6.45) is -3.81. The second-order valence-electron chi connectivity index (χ2n) is 7.82. The predicted octanol–water partition coefficient (Wildman–Crippen LogP) is 4.70. The van der Waals surface area contributed by atoms with Gasteiger partial charge in [-0.05, 0) is 36.8 Å². The molecular formula is C24H21F4N3O4. The van der Waals surface area contributed by atoms with E-state index in [0.29, 0.717) is 17.7 Å². The van der Waals surface area contributed by atoms with Crippen LogP contribution in [0.4, 0.5) is 28.0 Å². The number of halogens is 4. The largest absolute Gasteiger partial charge is 0.481 e. The number of urea groups is 1. The average molecular weight is 491 g/mol. The van der Waals surface area contributed by atoms with Crippen molar-refractivity contribution in [3.63, 3.8) is 0 Å². The van der Waals surface area contributed by atoms with Gasteiger partial charge in [-0.2, -0.15) is 13.2 Å². The van der Waals surface area contributed by atoms with Crippen LogP contribution in [0, 0.1) is 12.7 Å². The number of carbonyl (C=O) groups is 2. The van der Waals surface area contributed by atoms with Gasteiger partial charge in [-0.3, -0.25) is 9.59 Å². The molecule has 35 heavy (non-hydrogen) atoms. The number of carbonyl (C=O) groups excluding carboxylic acids is 1. The van der Waals surface area contributed by atoms with Crippen LogP contribution in [0.2, 0.25) is 0 Å². The van der Waals surface area contributed by atoms with Crippen LogP contribution in [0.25, 0.3) is 0 Å². The molecule has 1 aromatic heterocycles. The van der Waals surface area contributed by atoms with Gasteiger partial charge < -0.3 is 20.3 Å². The highest BCUT2D eigenvalue weighted by Gasteiger charge is 2.31. The summed E-state index contributed by atoms with van der Waals surface area (Å²) < 4.78 is 53.5. The molecule has 0 saturated heterocycles. The molecular weight excluding hydrogens is 470 g/mol. The first-order chi connectivity index (χ1) is 16.4. The van der Waals surface area contributed by atoms with Crippen LogP contribution < -0.4 is 16.2 Å². The predicted molar refractivity (Wildman–Crippen MR) is 120 cm³/mol. The fourth-order valence-electron chi connectivity index (χ4n) is 3.33. The minimum absolute atomic E-state index is 0.150. The Morgan fingerprint density at radius 2 is 1.77 bits per heavy atom. The quantitative estimate of drug-likeness (QED) is 0.417. The fraction of sp³-hybridized carbons (Fsp3) is 0.208. The highest BCUT2D eigenvalue weighted by atomic mass is 19.4. The van der Waals surface area contributed by atoms with E-state index in [1.54, 1.807) is 24.3 Å². The summed E-state index contributed by atoms with van der Waals surface area (Å²) in [6, 6.07) is 9.86. The number of aliphatic carboxylic acids is 1. The van der Waals surface area contributed by atoms with E-state index in [2.05, 4.69) is 10.6 Å². The number of carboxylic acids is 1. The van der Waals surface area contributed by atoms with E-state index in [1.165, 1.54) is 18.3 Å². The third-order valence-corrected chi connectivity index (χ3v) is 5.15. The van der Waals surface area contributed by atoms with E-state index >= 15 is 0 Å². The number of aromatic nitrogens is 1. The van der Waals surface area contributed by atoms with Gasteiger partial charge in [0, 0.05) is 11.8 Å². The number of alkyl halides is 3. The number of nitrogens with zero attached hydrogens (tertiary/aromatic N) is 1. The molecule has 1 atom stereocenters. The number of amides is 2. The second kappa shape index (κ2) is 10.4. The van der Waals surface area contributed by atoms with Gasteiger partial charge in [0.25, 0.3) is 5.56 Å². The van der Waals surface area contributed by atoms with Crippen LogP contribution >= 0.6 is 0 Å². The van der Waals surface area contributed by atoms with E-state index < -0.39 is 47.6 Å². The molecule has 7 nitrogen and oxygen atoms in total. The fourth-order valence-corrected chi connectivity index (χ4v) is 3.33. The Kier molecular flexibility index (Phi) is 7.58. The number of rotatable bonds is 7. The smallest absolute Gasteiger partial charge is 0.416 e. The lowest BCUT2D eigenvalue weighted by Crippen LogP contribution is -2.36. The van der Waals surface area contributed by atoms with E-state index in [1.807, 2.05) is 6.92 Å². The molecule has 3 rings (SSSR count). The van der Waals surface area contributed by atoms with Crippen molar-refractivity contribution in [3.05, 3.63) is 99.2 Å². The number of benzene rings is 2. The number of aryl methyl sites for hydroxylation is 1. The molecule has 0 saturated carbocycles. The maximum Gasteiger partial charge on any atom is 0.416 e. The van der Waals surface area contributed by atoms with Crippen LogP contribution in [0.1, 0.15) is 34.7 Å². The van der Waals surface area contributed by atoms with Crippen molar-refractivity contribution < 1.29 is 32.3 Å². The van der Waals surface area contributed by atoms with Crippen molar-refractivity contribution in [2.24, 2.45) is 0 Å². The van der Waals surface area contributed by atoms with Crippen molar-refractivity contribution in [1.29, 1.82) is 0 Å². The summed E-state index contributed by atoms with van der Waals surface area (Å²) >= 11 is 0. The van der Waals surface area contributed by atoms with Crippen LogP contribution in [-0.2, 0) is 17.5 Å². The lowest BCUT2D eigenvalue weighted by atomic mass is 10.0. The lowest BCUT2D eigenvalue weighted by Gasteiger charge is -2.18. The highest BCUT2D eigenvalue weighted by molar-refractivity contribution is 5.89. The molecule has 0 unspecified atom stereocenters. The maximum atomic E-state index is 14.2. The summed E-state index contributed by atoms with van der Waals surface area (Å²) in [7, 11) is 0. The Labute approximate surface area is 197 Å². The van der Waals surface area contributed by atoms with Crippen molar-refractivity contribution in [2.45, 2.75) is 32.1 Å². The molecule has 0 aliphatic carbocycles. The van der Waals surface area contributed by atoms with E-state index in [-0.39, 0.29) is 17.8 Å². The number of carboxylic acid groups (broad SMARTS) is 1. The first kappa shape index (κ1) is 25.5. The van der Waals surface area contributed by atoms with Gasteiger partial charge in [-0.1, -0.05) is 35.9 Å². The lowest BCUT2D eigenvalue weighted by molar-refractivity contribution is -0.138. The van der Waals surface area contributed by atoms with Crippen LogP contribution in [0.5, 0.6) is 0 Å². The zero-order valence-corrected chi connectivity index (χ0v) is 18.4. The van der Waals surface area contributed by atoms with Gasteiger partial charge in [0.05, 0.1) is 24.6 Å². The van der Waals surface area contributed by atoms with Gasteiger partial charge in [0.2, 0.25) is 0 Å². The van der Waals surface area contributed by atoms with Crippen molar-refractivity contribution in [3.8, 4) is 0 Å². The van der Waals surface area contributed by atoms with Crippen LogP contribution in [0.15, 0.2) is 65.6 Å². The molecule has 3 aromatic rings. The number of anilines is 1. The van der Waals surface area contributed by atoms with Gasteiger partial charge in [0.15, 0.2) is 0 Å². The first-order valence-electron chi connectivity index (χ1n) is 10.3. The minimum Gasteiger partial charge on any atom is -0.481 e. The molecule has 0 aliphatic rings. The molecule has 0 aliphatic heterocycles. The molecule has 11 heteroatoms. The monoisotopic (exact) mass is 491 g/mol. The molecule has 0 fully saturated rings. The van der Waals surface area contributed by atoms with Gasteiger partial charge in [0.1, 0.15) is 11.5 Å². The van der Waals surface area contributed by atoms with Crippen molar-refractivity contribution >= 4 is 17.7 Å². The summed E-state index contributed by atoms with van der Waals surface area (Å²) in [5.74, 6) is -2.27. The summed E-state index contributed by atoms with van der Waals surface area (Å²) in [5.41, 5.74) is -0.717. The molecule has 0 bridgehead atoms. The summed E-state index contributed by atoms with van der Waals surface area (Å²) in [4.78, 5) is 36.5. The van der Waals surface area contributed by atoms with Crippen LogP contribution in [0.3, 0.4) is 0 Å². The molecule has 1 heterocycles. The molecule has 2 aromatic carbocycles. The molecule has 184 valence electrons. The van der Waals surface area contributed by atoms with Crippen molar-refractivity contribution in [2.75, 3.05) is 5.32 Å². The number of nitrogens with one attached hydrogen (secondary N) is 2. The Bertz CT molecular complexity index is 1290. The van der Waals surface area contributed by atoms with E-state index in [9.17, 15) is 37.1 Å². The van der Waals surface area contributed by atoms with Gasteiger partial charge >= 0.3 is 18.2 Å². The summed E-state index contributed by atoms with van der Waals surface area (Å²) in [5, 5.41) is 14.0. The first-order valence-corrected chi connectivity index (χ1v) is 10.3. The number of pyridine rings is 1. The van der Waals surface area contributed by atoms with Gasteiger partial charge in [-0.25, -0.2) is 9.18 Å². The maximum absolute atomic E-state index is 14.2. The molecule has 0 spiro atoms. The Hall–Kier alpha value is -4.15. The zero-order valence-electron chi connectivity index (χ0n) is 18.4. The van der Waals surface area contributed by atoms with E-state index in [0.717, 1.165) is 16.2 Å². The Balaban J connectivity index is 1.77. The topological polar surface area (TPSA) is 100 Å². The minimum atomic E-state index is -4.70. The number of hydrogen-bond donors (Lipinski definition) is 3. The van der Waals surface area contributed by atoms with Crippen LogP contribution in [-0.4, -0.2) is 21.7 Å². The van der Waals surface area contributed by atoms with Gasteiger partial charge in [-0.15, -0.1) is 0 Å². The third kappa shape index (κ3) is 6.69. The highest BCUT2D eigenvalue weighted by Crippen LogP contribution is 2.30. The normalized spacial score (nSPS) is 12.1. The Morgan fingerprint density at radius 3 is 2.37 bits per heavy atom. The second-order valence-corrected chi connectivity index (χ2v) is 7.82. The molecule has 3 N–H and O–H groups in total. The zero-order chi connectivity index (χ0) is 25.8. The molecule has 2 amide bonds. The standard InChI is InChI=1S/C24H21F4N3O4/c1-14-4-6-15(7-5-14)20(12-21(32)33)30-23(35)29-19-3-2-10-31(22(19)34)13-16-8-9-17(11-18(16)25)24(26,27)28/h2-11,20H,12-13H2,1H3,(H,32,33)(H2,29,30,35)/t20-/m0/s1. The van der Waals surface area contributed by atoms with E-state index in [4.69, 9.17) is 0 Å². The van der Waals surface area contributed by atoms with Crippen molar-refractivity contribution in [1.82, 2.24) is 9.88 Å². The molecule has 0 radical (unpaired) electrons. The number of hydrogen-bond acceptors (Lipinski definition) is 3. The summed E-state index contributed by atoms with van der Waals surface area (Å²) in [6.45, 7) is 1.48.